The van der Waals surface area contributed by atoms with Gasteiger partial charge < -0.3 is 14.7 Å². The zero-order valence-electron chi connectivity index (χ0n) is 24.8. The molecule has 0 heterocycles. The van der Waals surface area contributed by atoms with Crippen LogP contribution in [0.5, 0.6) is 0 Å². The highest BCUT2D eigenvalue weighted by Gasteiger charge is 2.15. The summed E-state index contributed by atoms with van der Waals surface area (Å²) in [7, 11) is 0. The first kappa shape index (κ1) is 29.6. The van der Waals surface area contributed by atoms with Gasteiger partial charge in [0.15, 0.2) is 0 Å². The van der Waals surface area contributed by atoms with E-state index < -0.39 is 0 Å². The van der Waals surface area contributed by atoms with Crippen molar-refractivity contribution in [3.8, 4) is 0 Å². The molecule has 38 heavy (non-hydrogen) atoms. The van der Waals surface area contributed by atoms with Crippen LogP contribution >= 0.6 is 0 Å². The fourth-order valence-corrected chi connectivity index (χ4v) is 4.90. The maximum atomic E-state index is 2.56. The molecule has 0 aliphatic heterocycles. The summed E-state index contributed by atoms with van der Waals surface area (Å²) in [6, 6.07) is 27.3. The molecule has 0 amide bonds. The van der Waals surface area contributed by atoms with Gasteiger partial charge in [0.25, 0.3) is 0 Å². The van der Waals surface area contributed by atoms with E-state index in [0.29, 0.717) is 0 Å². The second-order valence-electron chi connectivity index (χ2n) is 10.6. The number of unbranched alkanes of at least 4 members (excludes halogenated alkanes) is 4. The Morgan fingerprint density at radius 2 is 0.658 bits per heavy atom. The van der Waals surface area contributed by atoms with Crippen LogP contribution in [0.1, 0.15) is 84.6 Å². The van der Waals surface area contributed by atoms with E-state index in [2.05, 4.69) is 122 Å². The summed E-state index contributed by atoms with van der Waals surface area (Å²) in [5.41, 5.74) is 7.54. The van der Waals surface area contributed by atoms with Gasteiger partial charge in [-0.15, -0.1) is 0 Å². The van der Waals surface area contributed by atoms with Crippen LogP contribution in [0.2, 0.25) is 0 Å². The summed E-state index contributed by atoms with van der Waals surface area (Å²) >= 11 is 0. The lowest BCUT2D eigenvalue weighted by Crippen LogP contribution is -2.25. The summed E-state index contributed by atoms with van der Waals surface area (Å²) in [6.07, 6.45) is 9.86. The van der Waals surface area contributed by atoms with Gasteiger partial charge in [-0.05, 0) is 93.3 Å². The monoisotopic (exact) mass is 513 g/mol. The minimum Gasteiger partial charge on any atom is -0.372 e. The molecule has 3 rings (SSSR count). The highest BCUT2D eigenvalue weighted by Crippen LogP contribution is 2.36. The van der Waals surface area contributed by atoms with E-state index in [0.717, 1.165) is 26.2 Å². The van der Waals surface area contributed by atoms with Crippen LogP contribution in [-0.4, -0.2) is 26.2 Å². The number of hydrogen-bond donors (Lipinski definition) is 0. The average molecular weight is 514 g/mol. The van der Waals surface area contributed by atoms with Crippen LogP contribution in [0.3, 0.4) is 0 Å². The molecule has 3 aromatic carbocycles. The van der Waals surface area contributed by atoms with E-state index in [4.69, 9.17) is 0 Å². The first-order valence-electron chi connectivity index (χ1n) is 15.2. The van der Waals surface area contributed by atoms with E-state index in [1.165, 1.54) is 85.4 Å². The van der Waals surface area contributed by atoms with Crippen molar-refractivity contribution in [2.24, 2.45) is 0 Å². The molecule has 0 bridgehead atoms. The predicted octanol–water partition coefficient (Wildman–Crippen LogP) is 10.3. The number of benzene rings is 3. The first-order valence-corrected chi connectivity index (χ1v) is 15.2. The van der Waals surface area contributed by atoms with Gasteiger partial charge in [0.05, 0.1) is 0 Å². The minimum atomic E-state index is 1.13. The highest BCUT2D eigenvalue weighted by molar-refractivity contribution is 5.78. The Morgan fingerprint density at radius 1 is 0.395 bits per heavy atom. The normalized spacial score (nSPS) is 11.0. The van der Waals surface area contributed by atoms with Gasteiger partial charge in [0, 0.05) is 54.6 Å². The molecule has 0 aliphatic carbocycles. The van der Waals surface area contributed by atoms with E-state index in [1.54, 1.807) is 0 Å². The first-order chi connectivity index (χ1) is 18.6. The Hall–Kier alpha value is -2.94. The molecule has 0 atom stereocenters. The van der Waals surface area contributed by atoms with Crippen molar-refractivity contribution < 1.29 is 0 Å². The Morgan fingerprint density at radius 3 is 0.947 bits per heavy atom. The molecule has 206 valence electrons. The number of aryl methyl sites for hydroxylation is 1. The Kier molecular flexibility index (Phi) is 12.6. The third-order valence-electron chi connectivity index (χ3n) is 7.36. The third-order valence-corrected chi connectivity index (χ3v) is 7.36. The second kappa shape index (κ2) is 16.1. The molecule has 3 nitrogen and oxygen atoms in total. The van der Waals surface area contributed by atoms with Crippen molar-refractivity contribution in [3.05, 3.63) is 78.4 Å². The van der Waals surface area contributed by atoms with Crippen molar-refractivity contribution >= 4 is 28.4 Å². The predicted molar refractivity (Wildman–Crippen MR) is 170 cm³/mol. The lowest BCUT2D eigenvalue weighted by Gasteiger charge is -2.29. The van der Waals surface area contributed by atoms with E-state index in [9.17, 15) is 0 Å². The lowest BCUT2D eigenvalue weighted by molar-refractivity contribution is 0.678. The molecule has 0 aromatic heterocycles. The molecule has 0 aliphatic rings. The quantitative estimate of drug-likeness (QED) is 0.178. The number of hydrogen-bond acceptors (Lipinski definition) is 3. The van der Waals surface area contributed by atoms with Crippen LogP contribution in [0.15, 0.2) is 72.8 Å². The van der Waals surface area contributed by atoms with Gasteiger partial charge >= 0.3 is 0 Å². The zero-order valence-corrected chi connectivity index (χ0v) is 24.8. The van der Waals surface area contributed by atoms with Crippen LogP contribution in [0, 0.1) is 6.92 Å². The SMILES string of the molecule is CCCCN(CCCC)c1ccc(N(c2ccc(C)cc2)c2ccc(N(CCCC)CCCC)cc2)cc1. The Labute approximate surface area is 233 Å². The fourth-order valence-electron chi connectivity index (χ4n) is 4.90. The molecule has 0 spiro atoms. The summed E-state index contributed by atoms with van der Waals surface area (Å²) in [4.78, 5) is 7.50. The van der Waals surface area contributed by atoms with Gasteiger partial charge in [-0.25, -0.2) is 0 Å². The van der Waals surface area contributed by atoms with Gasteiger partial charge in [-0.3, -0.25) is 0 Å². The molecule has 3 aromatic rings. The maximum Gasteiger partial charge on any atom is 0.0463 e. The summed E-state index contributed by atoms with van der Waals surface area (Å²) in [5.74, 6) is 0. The smallest absolute Gasteiger partial charge is 0.0463 e. The van der Waals surface area contributed by atoms with Crippen LogP contribution in [-0.2, 0) is 0 Å². The second-order valence-corrected chi connectivity index (χ2v) is 10.6. The minimum absolute atomic E-state index is 1.13. The fraction of sp³-hybridized carbons (Fsp3) is 0.486. The van der Waals surface area contributed by atoms with Gasteiger partial charge in [0.2, 0.25) is 0 Å². The summed E-state index contributed by atoms with van der Waals surface area (Å²) in [6.45, 7) is 15.8. The number of rotatable bonds is 17. The zero-order chi connectivity index (χ0) is 27.2. The highest BCUT2D eigenvalue weighted by atomic mass is 15.2. The number of nitrogens with zero attached hydrogens (tertiary/aromatic N) is 3. The van der Waals surface area contributed by atoms with Crippen molar-refractivity contribution in [2.45, 2.75) is 86.0 Å². The maximum absolute atomic E-state index is 2.56. The van der Waals surface area contributed by atoms with E-state index in [-0.39, 0.29) is 0 Å². The average Bonchev–Trinajstić information content (AvgIpc) is 2.95. The van der Waals surface area contributed by atoms with Crippen LogP contribution < -0.4 is 14.7 Å². The standard InChI is InChI=1S/C35H51N3/c1-6-10-26-36(27-11-7-2)31-18-22-34(23-19-31)38(33-16-14-30(5)15-17-33)35-24-20-32(21-25-35)37(28-12-8-3)29-13-9-4/h14-25H,6-13,26-29H2,1-5H3. The summed E-state index contributed by atoms with van der Waals surface area (Å²) < 4.78 is 0. The lowest BCUT2D eigenvalue weighted by atomic mass is 10.1. The molecule has 3 heteroatoms. The van der Waals surface area contributed by atoms with E-state index >= 15 is 0 Å². The van der Waals surface area contributed by atoms with Crippen molar-refractivity contribution in [1.82, 2.24) is 0 Å². The Balaban J connectivity index is 1.92. The largest absolute Gasteiger partial charge is 0.372 e. The van der Waals surface area contributed by atoms with Gasteiger partial charge in [-0.2, -0.15) is 0 Å². The van der Waals surface area contributed by atoms with Crippen LogP contribution in [0.25, 0.3) is 0 Å². The Bertz CT molecular complexity index is 945. The van der Waals surface area contributed by atoms with Crippen molar-refractivity contribution in [1.29, 1.82) is 0 Å². The van der Waals surface area contributed by atoms with Crippen molar-refractivity contribution in [2.75, 3.05) is 40.9 Å². The van der Waals surface area contributed by atoms with E-state index in [1.807, 2.05) is 0 Å². The summed E-state index contributed by atoms with van der Waals surface area (Å²) in [5, 5.41) is 0. The topological polar surface area (TPSA) is 9.72 Å². The molecule has 0 unspecified atom stereocenters. The molecule has 0 saturated carbocycles. The molecule has 0 N–H and O–H groups in total. The molecular formula is C35H51N3. The van der Waals surface area contributed by atoms with Gasteiger partial charge in [0.1, 0.15) is 0 Å². The third kappa shape index (κ3) is 8.55. The number of anilines is 5. The van der Waals surface area contributed by atoms with Crippen LogP contribution in [0.4, 0.5) is 28.4 Å². The van der Waals surface area contributed by atoms with Crippen molar-refractivity contribution in [3.63, 3.8) is 0 Å². The van der Waals surface area contributed by atoms with Gasteiger partial charge in [-0.1, -0.05) is 71.1 Å². The molecule has 0 saturated heterocycles. The molecule has 0 fully saturated rings. The molecular weight excluding hydrogens is 462 g/mol. The molecule has 0 radical (unpaired) electrons.